The van der Waals surface area contributed by atoms with Gasteiger partial charge in [0.1, 0.15) is 6.04 Å². The van der Waals surface area contributed by atoms with Gasteiger partial charge in [-0.15, -0.1) is 0 Å². The molecular formula is C12H18N6O4. The predicted molar refractivity (Wildman–Crippen MR) is 72.6 cm³/mol. The first-order valence-electron chi connectivity index (χ1n) is 5.87. The molecule has 10 nitrogen and oxygen atoms in total. The standard InChI is InChI=1S/C6H9N3O2.C6H6N2O2.H3N/c7-5(6(10)11)1-4-2-8-3-9-4;9-6(10)2-1-5-3-7-4-8-5;/h2-3,5H,1,7H2,(H,8,9)(H,10,11);1-4H,(H,7,8)(H,9,10);1H3. The highest BCUT2D eigenvalue weighted by molar-refractivity contribution is 5.82. The lowest BCUT2D eigenvalue weighted by Crippen LogP contribution is -2.69. The van der Waals surface area contributed by atoms with Crippen molar-refractivity contribution in [2.24, 2.45) is 0 Å². The first-order valence-corrected chi connectivity index (χ1v) is 5.87. The fourth-order valence-corrected chi connectivity index (χ4v) is 1.26. The maximum absolute atomic E-state index is 10.2. The highest BCUT2D eigenvalue weighted by Gasteiger charge is 2.08. The lowest BCUT2D eigenvalue weighted by atomic mass is 10.2. The number of carboxylic acid groups (broad SMARTS) is 2. The fourth-order valence-electron chi connectivity index (χ4n) is 1.26. The minimum Gasteiger partial charge on any atom is -0.545 e. The molecule has 120 valence electrons. The van der Waals surface area contributed by atoms with Crippen LogP contribution in [0.2, 0.25) is 0 Å². The van der Waals surface area contributed by atoms with E-state index in [9.17, 15) is 19.8 Å². The van der Waals surface area contributed by atoms with Crippen molar-refractivity contribution in [3.8, 4) is 0 Å². The molecule has 2 aromatic rings. The number of aliphatic carboxylic acids is 2. The number of rotatable bonds is 5. The molecule has 0 bridgehead atoms. The van der Waals surface area contributed by atoms with Gasteiger partial charge in [0.15, 0.2) is 0 Å². The highest BCUT2D eigenvalue weighted by atomic mass is 16.4. The molecule has 0 saturated carbocycles. The summed E-state index contributed by atoms with van der Waals surface area (Å²) in [6, 6.07) is -0.713. The summed E-state index contributed by atoms with van der Waals surface area (Å²) in [6.07, 6.45) is 8.70. The number of quaternary nitrogens is 2. The summed E-state index contributed by atoms with van der Waals surface area (Å²) in [5.74, 6) is -2.35. The van der Waals surface area contributed by atoms with E-state index in [-0.39, 0.29) is 6.15 Å². The molecule has 1 atom stereocenters. The summed E-state index contributed by atoms with van der Waals surface area (Å²) in [5.41, 5.74) is 4.80. The van der Waals surface area contributed by atoms with E-state index in [1.165, 1.54) is 24.9 Å². The van der Waals surface area contributed by atoms with Crippen LogP contribution in [0.4, 0.5) is 0 Å². The summed E-state index contributed by atoms with van der Waals surface area (Å²) in [5, 5.41) is 20.1. The van der Waals surface area contributed by atoms with Crippen LogP contribution in [0.5, 0.6) is 0 Å². The largest absolute Gasteiger partial charge is 0.545 e. The molecule has 0 fully saturated rings. The number of nitrogens with zero attached hydrogens (tertiary/aromatic N) is 2. The first-order chi connectivity index (χ1) is 9.99. The van der Waals surface area contributed by atoms with Gasteiger partial charge in [-0.1, -0.05) is 0 Å². The van der Waals surface area contributed by atoms with Crippen LogP contribution in [0.15, 0.2) is 31.1 Å². The summed E-state index contributed by atoms with van der Waals surface area (Å²) >= 11 is 0. The number of aromatic nitrogens is 4. The Morgan fingerprint density at radius 1 is 1.23 bits per heavy atom. The van der Waals surface area contributed by atoms with Crippen LogP contribution in [0.25, 0.3) is 6.08 Å². The molecule has 0 aliphatic carbocycles. The maximum Gasteiger partial charge on any atom is 0.130 e. The van der Waals surface area contributed by atoms with Crippen molar-refractivity contribution in [2.45, 2.75) is 12.5 Å². The van der Waals surface area contributed by atoms with Crippen molar-refractivity contribution in [3.05, 3.63) is 42.5 Å². The van der Waals surface area contributed by atoms with Crippen molar-refractivity contribution in [3.63, 3.8) is 0 Å². The van der Waals surface area contributed by atoms with Crippen molar-refractivity contribution < 1.29 is 25.5 Å². The Morgan fingerprint density at radius 2 is 1.86 bits per heavy atom. The Morgan fingerprint density at radius 3 is 2.32 bits per heavy atom. The maximum atomic E-state index is 10.2. The smallest absolute Gasteiger partial charge is 0.130 e. The Hall–Kier alpha value is -2.98. The zero-order chi connectivity index (χ0) is 15.7. The van der Waals surface area contributed by atoms with E-state index in [0.29, 0.717) is 12.1 Å². The molecule has 0 radical (unpaired) electrons. The molecular weight excluding hydrogens is 292 g/mol. The summed E-state index contributed by atoms with van der Waals surface area (Å²) in [4.78, 5) is 33.0. The molecule has 0 spiro atoms. The van der Waals surface area contributed by atoms with Gasteiger partial charge in [0.25, 0.3) is 0 Å². The molecule has 22 heavy (non-hydrogen) atoms. The van der Waals surface area contributed by atoms with Crippen LogP contribution < -0.4 is 22.1 Å². The molecule has 2 rings (SSSR count). The number of imidazole rings is 2. The molecule has 2 heterocycles. The van der Waals surface area contributed by atoms with E-state index in [1.54, 1.807) is 6.20 Å². The summed E-state index contributed by atoms with van der Waals surface area (Å²) < 4.78 is 0. The number of hydrogen-bond donors (Lipinski definition) is 4. The van der Waals surface area contributed by atoms with E-state index in [4.69, 9.17) is 0 Å². The van der Waals surface area contributed by atoms with Gasteiger partial charge < -0.3 is 41.7 Å². The monoisotopic (exact) mass is 310 g/mol. The number of carboxylic acids is 2. The number of carbonyl (C=O) groups is 2. The average Bonchev–Trinajstić information content (AvgIpc) is 3.10. The van der Waals surface area contributed by atoms with E-state index in [1.807, 2.05) is 0 Å². The normalized spacial score (nSPS) is 11.1. The topological polar surface area (TPSA) is 202 Å². The summed E-state index contributed by atoms with van der Waals surface area (Å²) in [6.45, 7) is 0. The van der Waals surface area contributed by atoms with Crippen LogP contribution in [0.1, 0.15) is 11.4 Å². The average molecular weight is 310 g/mol. The molecule has 0 aromatic carbocycles. The van der Waals surface area contributed by atoms with Crippen LogP contribution >= 0.6 is 0 Å². The second-order valence-corrected chi connectivity index (χ2v) is 3.96. The van der Waals surface area contributed by atoms with Crippen molar-refractivity contribution in [2.75, 3.05) is 0 Å². The second kappa shape index (κ2) is 9.85. The number of H-pyrrole nitrogens is 2. The van der Waals surface area contributed by atoms with E-state index >= 15 is 0 Å². The minimum absolute atomic E-state index is 0. The molecule has 0 aliphatic heterocycles. The SMILES string of the molecule is O=C([O-])C=Cc1cnc[nH]1.[NH3+]C(Cc1cnc[nH]1)C(=O)[O-].[NH4+]. The zero-order valence-electron chi connectivity index (χ0n) is 12.0. The van der Waals surface area contributed by atoms with Crippen molar-refractivity contribution in [1.82, 2.24) is 26.1 Å². The van der Waals surface area contributed by atoms with Gasteiger partial charge in [0.05, 0.1) is 36.5 Å². The molecule has 0 saturated heterocycles. The van der Waals surface area contributed by atoms with Crippen LogP contribution in [-0.4, -0.2) is 37.9 Å². The third-order valence-corrected chi connectivity index (χ3v) is 2.27. The summed E-state index contributed by atoms with van der Waals surface area (Å²) in [7, 11) is 0. The van der Waals surface area contributed by atoms with Gasteiger partial charge in [0.2, 0.25) is 0 Å². The molecule has 2 aromatic heterocycles. The van der Waals surface area contributed by atoms with Gasteiger partial charge in [-0.25, -0.2) is 9.97 Å². The second-order valence-electron chi connectivity index (χ2n) is 3.96. The third-order valence-electron chi connectivity index (χ3n) is 2.27. The number of hydrogen-bond acceptors (Lipinski definition) is 6. The lowest BCUT2D eigenvalue weighted by molar-refractivity contribution is -0.437. The van der Waals surface area contributed by atoms with E-state index < -0.39 is 18.0 Å². The van der Waals surface area contributed by atoms with Crippen LogP contribution in [-0.2, 0) is 16.0 Å². The van der Waals surface area contributed by atoms with Crippen molar-refractivity contribution >= 4 is 18.0 Å². The van der Waals surface area contributed by atoms with Gasteiger partial charge in [-0.3, -0.25) is 0 Å². The van der Waals surface area contributed by atoms with Gasteiger partial charge in [-0.2, -0.15) is 0 Å². The van der Waals surface area contributed by atoms with E-state index in [2.05, 4.69) is 25.7 Å². The molecule has 0 amide bonds. The van der Waals surface area contributed by atoms with Crippen molar-refractivity contribution in [1.29, 1.82) is 0 Å². The molecule has 1 unspecified atom stereocenters. The first kappa shape index (κ1) is 19.0. The predicted octanol–water partition coefficient (Wildman–Crippen LogP) is -3.14. The lowest BCUT2D eigenvalue weighted by Gasteiger charge is -2.06. The third kappa shape index (κ3) is 7.57. The van der Waals surface area contributed by atoms with Crippen LogP contribution in [0.3, 0.4) is 0 Å². The highest BCUT2D eigenvalue weighted by Crippen LogP contribution is 1.93. The zero-order valence-corrected chi connectivity index (χ0v) is 12.0. The molecule has 0 aliphatic rings. The van der Waals surface area contributed by atoms with E-state index in [0.717, 1.165) is 11.8 Å². The molecule has 9 N–H and O–H groups in total. The quantitative estimate of drug-likeness (QED) is 0.420. The van der Waals surface area contributed by atoms with Gasteiger partial charge in [0, 0.05) is 18.3 Å². The Labute approximate surface area is 125 Å². The minimum atomic E-state index is -1.21. The van der Waals surface area contributed by atoms with Crippen LogP contribution in [0, 0.1) is 0 Å². The fraction of sp³-hybridized carbons (Fsp3) is 0.167. The Bertz CT molecular complexity index is 579. The van der Waals surface area contributed by atoms with Gasteiger partial charge in [-0.05, 0) is 12.2 Å². The van der Waals surface area contributed by atoms with Gasteiger partial charge >= 0.3 is 0 Å². The number of nitrogens with one attached hydrogen (secondary N) is 2. The Kier molecular flexibility index (Phi) is 8.52. The Balaban J connectivity index is 0.000000385. The number of aromatic amines is 2. The number of carbonyl (C=O) groups excluding carboxylic acids is 2. The molecule has 10 heteroatoms.